The van der Waals surface area contributed by atoms with Gasteiger partial charge in [-0.25, -0.2) is 9.69 Å². The van der Waals surface area contributed by atoms with Crippen molar-refractivity contribution in [1.29, 1.82) is 0 Å². The molecule has 1 aliphatic heterocycles. The minimum Gasteiger partial charge on any atom is -0.493 e. The highest BCUT2D eigenvalue weighted by Gasteiger charge is 2.44. The van der Waals surface area contributed by atoms with E-state index in [4.69, 9.17) is 9.47 Å². The van der Waals surface area contributed by atoms with E-state index in [1.54, 1.807) is 32.2 Å². The van der Waals surface area contributed by atoms with Gasteiger partial charge in [0.15, 0.2) is 11.5 Å². The van der Waals surface area contributed by atoms with E-state index in [-0.39, 0.29) is 13.2 Å². The summed E-state index contributed by atoms with van der Waals surface area (Å²) in [7, 11) is 4.89. The third-order valence-corrected chi connectivity index (χ3v) is 3.87. The van der Waals surface area contributed by atoms with Crippen LogP contribution < -0.4 is 9.47 Å². The summed E-state index contributed by atoms with van der Waals surface area (Å²) < 4.78 is 10.5. The van der Waals surface area contributed by atoms with Crippen LogP contribution in [0.3, 0.4) is 0 Å². The van der Waals surface area contributed by atoms with E-state index in [1.165, 1.54) is 0 Å². The molecule has 4 amide bonds. The van der Waals surface area contributed by atoms with Gasteiger partial charge < -0.3 is 9.47 Å². The van der Waals surface area contributed by atoms with Crippen LogP contribution in [0.5, 0.6) is 11.5 Å². The third-order valence-electron chi connectivity index (χ3n) is 3.87. The van der Waals surface area contributed by atoms with Crippen molar-refractivity contribution in [3.8, 4) is 11.5 Å². The molecule has 0 aromatic heterocycles. The molecule has 1 aromatic rings. The number of rotatable bonds is 8. The summed E-state index contributed by atoms with van der Waals surface area (Å²) in [4.78, 5) is 39.9. The molecule has 0 saturated carbocycles. The maximum Gasteiger partial charge on any atom is 0.335 e. The smallest absolute Gasteiger partial charge is 0.335 e. The van der Waals surface area contributed by atoms with Crippen LogP contribution in [0.25, 0.3) is 0 Å². The van der Waals surface area contributed by atoms with Gasteiger partial charge in [-0.1, -0.05) is 13.0 Å². The van der Waals surface area contributed by atoms with Crippen molar-refractivity contribution >= 4 is 17.8 Å². The van der Waals surface area contributed by atoms with Crippen LogP contribution in [-0.2, 0) is 16.1 Å². The van der Waals surface area contributed by atoms with Crippen LogP contribution in [0, 0.1) is 0 Å². The molecule has 0 unspecified atom stereocenters. The summed E-state index contributed by atoms with van der Waals surface area (Å²) in [6.07, 6.45) is 0.611. The van der Waals surface area contributed by atoms with Crippen LogP contribution in [0.4, 0.5) is 4.79 Å². The van der Waals surface area contributed by atoms with Gasteiger partial charge in [-0.3, -0.25) is 19.4 Å². The molecule has 1 heterocycles. The Hall–Kier alpha value is -2.61. The van der Waals surface area contributed by atoms with Crippen LogP contribution >= 0.6 is 0 Å². The maximum absolute atomic E-state index is 12.2. The fourth-order valence-corrected chi connectivity index (χ4v) is 2.68. The summed E-state index contributed by atoms with van der Waals surface area (Å²) in [6.45, 7) is 2.60. The second-order valence-corrected chi connectivity index (χ2v) is 5.82. The van der Waals surface area contributed by atoms with E-state index >= 15 is 0 Å². The molecule has 1 saturated heterocycles. The van der Waals surface area contributed by atoms with Gasteiger partial charge in [-0.05, 0) is 31.2 Å². The second kappa shape index (κ2) is 7.98. The van der Waals surface area contributed by atoms with E-state index in [9.17, 15) is 14.4 Å². The standard InChI is InChI=1S/C17H23N3O5/c1-5-8-19-15(21)16(22)20(17(19)23)11-18(2)10-12-6-7-13(24-3)14(9-12)25-4/h6-7,9H,5,8,10-11H2,1-4H3. The zero-order chi connectivity index (χ0) is 18.6. The Morgan fingerprint density at radius 1 is 1.00 bits per heavy atom. The van der Waals surface area contributed by atoms with Crippen molar-refractivity contribution < 1.29 is 23.9 Å². The van der Waals surface area contributed by atoms with Gasteiger partial charge in [-0.2, -0.15) is 0 Å². The molecule has 1 fully saturated rings. The molecule has 1 aliphatic rings. The van der Waals surface area contributed by atoms with Gasteiger partial charge in [0.05, 0.1) is 20.9 Å². The minimum absolute atomic E-state index is 0.0396. The number of hydrogen-bond acceptors (Lipinski definition) is 6. The van der Waals surface area contributed by atoms with E-state index in [2.05, 4.69) is 0 Å². The Balaban J connectivity index is 2.05. The largest absolute Gasteiger partial charge is 0.493 e. The predicted molar refractivity (Wildman–Crippen MR) is 90.1 cm³/mol. The molecule has 0 aliphatic carbocycles. The number of hydrogen-bond donors (Lipinski definition) is 0. The first-order chi connectivity index (χ1) is 11.9. The van der Waals surface area contributed by atoms with Gasteiger partial charge in [0.1, 0.15) is 0 Å². The Morgan fingerprint density at radius 3 is 2.24 bits per heavy atom. The molecule has 25 heavy (non-hydrogen) atoms. The van der Waals surface area contributed by atoms with Gasteiger partial charge in [0, 0.05) is 13.1 Å². The zero-order valence-corrected chi connectivity index (χ0v) is 14.9. The second-order valence-electron chi connectivity index (χ2n) is 5.82. The lowest BCUT2D eigenvalue weighted by atomic mass is 10.2. The highest BCUT2D eigenvalue weighted by atomic mass is 16.5. The number of benzene rings is 1. The van der Waals surface area contributed by atoms with Crippen molar-refractivity contribution in [3.63, 3.8) is 0 Å². The number of methoxy groups -OCH3 is 2. The Kier molecular flexibility index (Phi) is 5.97. The van der Waals surface area contributed by atoms with Crippen LogP contribution in [0.15, 0.2) is 18.2 Å². The van der Waals surface area contributed by atoms with E-state index in [1.807, 2.05) is 19.1 Å². The van der Waals surface area contributed by atoms with Gasteiger partial charge in [0.25, 0.3) is 0 Å². The summed E-state index contributed by atoms with van der Waals surface area (Å²) in [6, 6.07) is 4.94. The number of carbonyl (C=O) groups is 3. The first-order valence-corrected chi connectivity index (χ1v) is 7.99. The minimum atomic E-state index is -0.780. The molecule has 0 spiro atoms. The first kappa shape index (κ1) is 18.7. The molecule has 0 bridgehead atoms. The Morgan fingerprint density at radius 2 is 1.64 bits per heavy atom. The molecule has 1 aromatic carbocycles. The van der Waals surface area contributed by atoms with Gasteiger partial charge >= 0.3 is 17.8 Å². The number of carbonyl (C=O) groups excluding carboxylic acids is 3. The summed E-state index contributed by atoms with van der Waals surface area (Å²) in [5, 5.41) is 0. The van der Waals surface area contributed by atoms with Crippen LogP contribution in [-0.4, -0.2) is 67.0 Å². The summed E-state index contributed by atoms with van der Waals surface area (Å²) in [5.41, 5.74) is 0.927. The lowest BCUT2D eigenvalue weighted by Crippen LogP contribution is -2.40. The number of nitrogens with zero attached hydrogens (tertiary/aromatic N) is 3. The highest BCUT2D eigenvalue weighted by Crippen LogP contribution is 2.28. The molecule has 2 rings (SSSR count). The Labute approximate surface area is 146 Å². The molecule has 0 atom stereocenters. The summed E-state index contributed by atoms with van der Waals surface area (Å²) >= 11 is 0. The molecule has 8 heteroatoms. The predicted octanol–water partition coefficient (Wildman–Crippen LogP) is 1.29. The van der Waals surface area contributed by atoms with E-state index < -0.39 is 17.8 Å². The number of imide groups is 2. The average molecular weight is 349 g/mol. The molecule has 8 nitrogen and oxygen atoms in total. The SMILES string of the molecule is CCCN1C(=O)C(=O)N(CN(C)Cc2ccc(OC)c(OC)c2)C1=O. The molecule has 0 radical (unpaired) electrons. The quantitative estimate of drug-likeness (QED) is 0.520. The maximum atomic E-state index is 12.2. The summed E-state index contributed by atoms with van der Waals surface area (Å²) in [5.74, 6) is -0.311. The topological polar surface area (TPSA) is 79.4 Å². The van der Waals surface area contributed by atoms with E-state index in [0.29, 0.717) is 24.5 Å². The van der Waals surface area contributed by atoms with Crippen molar-refractivity contribution in [3.05, 3.63) is 23.8 Å². The first-order valence-electron chi connectivity index (χ1n) is 7.99. The fraction of sp³-hybridized carbons (Fsp3) is 0.471. The number of ether oxygens (including phenoxy) is 2. The van der Waals surface area contributed by atoms with Crippen molar-refractivity contribution in [2.45, 2.75) is 19.9 Å². The van der Waals surface area contributed by atoms with E-state index in [0.717, 1.165) is 15.4 Å². The zero-order valence-electron chi connectivity index (χ0n) is 14.9. The van der Waals surface area contributed by atoms with Crippen molar-refractivity contribution in [1.82, 2.24) is 14.7 Å². The van der Waals surface area contributed by atoms with Crippen molar-refractivity contribution in [2.75, 3.05) is 34.5 Å². The normalized spacial score (nSPS) is 14.7. The molecule has 0 N–H and O–H groups in total. The lowest BCUT2D eigenvalue weighted by molar-refractivity contribution is -0.143. The molecular formula is C17H23N3O5. The van der Waals surface area contributed by atoms with Crippen LogP contribution in [0.2, 0.25) is 0 Å². The van der Waals surface area contributed by atoms with Crippen molar-refractivity contribution in [2.24, 2.45) is 0 Å². The molecular weight excluding hydrogens is 326 g/mol. The Bertz CT molecular complexity index is 676. The highest BCUT2D eigenvalue weighted by molar-refractivity contribution is 6.44. The molecule has 136 valence electrons. The average Bonchev–Trinajstić information content (AvgIpc) is 2.80. The third kappa shape index (κ3) is 3.90. The van der Waals surface area contributed by atoms with Crippen LogP contribution in [0.1, 0.15) is 18.9 Å². The number of amides is 4. The fourth-order valence-electron chi connectivity index (χ4n) is 2.68. The number of urea groups is 1. The lowest BCUT2D eigenvalue weighted by Gasteiger charge is -2.22. The van der Waals surface area contributed by atoms with Gasteiger partial charge in [-0.15, -0.1) is 0 Å². The van der Waals surface area contributed by atoms with Gasteiger partial charge in [0.2, 0.25) is 0 Å². The monoisotopic (exact) mass is 349 g/mol.